The molecule has 0 aliphatic rings. The van der Waals surface area contributed by atoms with Crippen LogP contribution in [0.1, 0.15) is 0 Å². The van der Waals surface area contributed by atoms with Crippen LogP contribution in [-0.2, 0) is 18.4 Å². The van der Waals surface area contributed by atoms with Gasteiger partial charge in [-0.15, -0.1) is 12.4 Å². The second-order valence-corrected chi connectivity index (χ2v) is 4.03. The lowest BCUT2D eigenvalue weighted by molar-refractivity contribution is -0.671. The molecule has 1 aromatic carbocycles. The Kier molecular flexibility index (Phi) is 5.38. The summed E-state index contributed by atoms with van der Waals surface area (Å²) in [7, 11) is 3.51. The second kappa shape index (κ2) is 6.80. The highest BCUT2D eigenvalue weighted by atomic mass is 35.5. The van der Waals surface area contributed by atoms with Crippen LogP contribution in [0.5, 0.6) is 5.75 Å². The van der Waals surface area contributed by atoms with Crippen molar-refractivity contribution in [3.05, 3.63) is 43.0 Å². The van der Waals surface area contributed by atoms with E-state index >= 15 is 0 Å². The van der Waals surface area contributed by atoms with E-state index in [0.29, 0.717) is 0 Å². The third kappa shape index (κ3) is 4.30. The largest absolute Gasteiger partial charge is 0.497 e. The van der Waals surface area contributed by atoms with Gasteiger partial charge >= 0.3 is 0 Å². The first kappa shape index (κ1) is 15.0. The number of amides is 1. The van der Waals surface area contributed by atoms with Gasteiger partial charge in [0.15, 0.2) is 6.54 Å². The number of methoxy groups -OCH3 is 1. The molecule has 1 amide bonds. The molecule has 0 atom stereocenters. The predicted molar refractivity (Wildman–Crippen MR) is 74.5 cm³/mol. The number of anilines is 1. The molecule has 0 radical (unpaired) electrons. The number of carbonyl (C=O) groups is 1. The molecule has 0 saturated carbocycles. The molecule has 0 spiro atoms. The molecule has 0 unspecified atom stereocenters. The zero-order valence-corrected chi connectivity index (χ0v) is 11.7. The lowest BCUT2D eigenvalue weighted by atomic mass is 10.3. The van der Waals surface area contributed by atoms with Crippen molar-refractivity contribution in [1.29, 1.82) is 0 Å². The molecule has 6 heteroatoms. The molecule has 0 aliphatic carbocycles. The number of aryl methyl sites for hydroxylation is 1. The summed E-state index contributed by atoms with van der Waals surface area (Å²) in [5.41, 5.74) is 0.732. The number of imidazole rings is 1. The average Bonchev–Trinajstić information content (AvgIpc) is 2.74. The minimum absolute atomic E-state index is 0. The molecule has 1 N–H and O–H groups in total. The van der Waals surface area contributed by atoms with E-state index in [1.54, 1.807) is 13.2 Å². The van der Waals surface area contributed by atoms with Crippen molar-refractivity contribution in [3.8, 4) is 5.75 Å². The smallest absolute Gasteiger partial charge is 0.266 e. The van der Waals surface area contributed by atoms with Crippen molar-refractivity contribution in [2.75, 3.05) is 12.4 Å². The molecule has 2 aromatic rings. The van der Waals surface area contributed by atoms with Gasteiger partial charge in [0.25, 0.3) is 5.91 Å². The fourth-order valence-corrected chi connectivity index (χ4v) is 1.66. The van der Waals surface area contributed by atoms with Gasteiger partial charge in [0.2, 0.25) is 6.33 Å². The Morgan fingerprint density at radius 1 is 1.47 bits per heavy atom. The summed E-state index contributed by atoms with van der Waals surface area (Å²) in [6.45, 7) is 0.290. The van der Waals surface area contributed by atoms with Crippen molar-refractivity contribution < 1.29 is 14.1 Å². The van der Waals surface area contributed by atoms with Crippen molar-refractivity contribution in [3.63, 3.8) is 0 Å². The zero-order chi connectivity index (χ0) is 13.0. The van der Waals surface area contributed by atoms with Crippen LogP contribution in [0.2, 0.25) is 0 Å². The second-order valence-electron chi connectivity index (χ2n) is 4.03. The first-order chi connectivity index (χ1) is 8.67. The van der Waals surface area contributed by atoms with E-state index < -0.39 is 0 Å². The van der Waals surface area contributed by atoms with E-state index in [1.165, 1.54) is 0 Å². The van der Waals surface area contributed by atoms with Crippen LogP contribution in [0.15, 0.2) is 43.0 Å². The zero-order valence-electron chi connectivity index (χ0n) is 10.9. The molecular formula is C13H17ClN3O2+. The highest BCUT2D eigenvalue weighted by Crippen LogP contribution is 2.16. The Bertz CT molecular complexity index is 554. The number of nitrogens with one attached hydrogen (secondary N) is 1. The summed E-state index contributed by atoms with van der Waals surface area (Å²) in [4.78, 5) is 11.8. The molecule has 0 fully saturated rings. The highest BCUT2D eigenvalue weighted by Gasteiger charge is 2.08. The van der Waals surface area contributed by atoms with Crippen LogP contribution < -0.4 is 14.6 Å². The van der Waals surface area contributed by atoms with Gasteiger partial charge in [-0.05, 0) is 12.1 Å². The fraction of sp³-hybridized carbons (Fsp3) is 0.231. The fourth-order valence-electron chi connectivity index (χ4n) is 1.66. The molecule has 0 bridgehead atoms. The van der Waals surface area contributed by atoms with Crippen LogP contribution in [0.25, 0.3) is 0 Å². The Morgan fingerprint density at radius 3 is 2.89 bits per heavy atom. The number of nitrogens with zero attached hydrogens (tertiary/aromatic N) is 2. The van der Waals surface area contributed by atoms with Gasteiger partial charge in [-0.2, -0.15) is 0 Å². The minimum Gasteiger partial charge on any atom is -0.497 e. The number of halogens is 1. The van der Waals surface area contributed by atoms with E-state index in [4.69, 9.17) is 4.74 Å². The monoisotopic (exact) mass is 282 g/mol. The lowest BCUT2D eigenvalue weighted by Gasteiger charge is -2.05. The topological polar surface area (TPSA) is 47.1 Å². The Hall–Kier alpha value is -2.01. The van der Waals surface area contributed by atoms with Crippen molar-refractivity contribution >= 4 is 24.0 Å². The van der Waals surface area contributed by atoms with Crippen LogP contribution in [0.4, 0.5) is 5.69 Å². The molecule has 1 heterocycles. The number of carbonyl (C=O) groups excluding carboxylic acids is 1. The van der Waals surface area contributed by atoms with Crippen LogP contribution >= 0.6 is 12.4 Å². The number of hydrogen-bond acceptors (Lipinski definition) is 2. The summed E-state index contributed by atoms with van der Waals surface area (Å²) >= 11 is 0. The quantitative estimate of drug-likeness (QED) is 0.862. The first-order valence-corrected chi connectivity index (χ1v) is 5.62. The third-order valence-corrected chi connectivity index (χ3v) is 2.50. The normalized spacial score (nSPS) is 9.58. The van der Waals surface area contributed by atoms with Gasteiger partial charge in [0, 0.05) is 11.8 Å². The molecule has 0 saturated heterocycles. The van der Waals surface area contributed by atoms with E-state index in [2.05, 4.69) is 5.32 Å². The maximum atomic E-state index is 11.8. The molecule has 102 valence electrons. The van der Waals surface area contributed by atoms with Gasteiger partial charge in [-0.1, -0.05) is 6.07 Å². The Balaban J connectivity index is 0.00000180. The average molecular weight is 283 g/mol. The first-order valence-electron chi connectivity index (χ1n) is 5.62. The van der Waals surface area contributed by atoms with E-state index in [0.717, 1.165) is 11.4 Å². The molecule has 5 nitrogen and oxygen atoms in total. The Labute approximate surface area is 118 Å². The molecule has 2 rings (SSSR count). The lowest BCUT2D eigenvalue weighted by Crippen LogP contribution is -2.25. The summed E-state index contributed by atoms with van der Waals surface area (Å²) in [5, 5.41) is 2.83. The number of benzene rings is 1. The van der Waals surface area contributed by atoms with E-state index in [1.807, 2.05) is 53.1 Å². The Morgan fingerprint density at radius 2 is 2.26 bits per heavy atom. The van der Waals surface area contributed by atoms with E-state index in [-0.39, 0.29) is 24.9 Å². The number of aromatic nitrogens is 2. The van der Waals surface area contributed by atoms with Crippen molar-refractivity contribution in [2.45, 2.75) is 6.54 Å². The SMILES string of the molecule is COc1cccc(NC(=O)Cn2cc[n+](C)c2)c1.Cl. The van der Waals surface area contributed by atoms with Crippen molar-refractivity contribution in [2.24, 2.45) is 7.05 Å². The number of ether oxygens (including phenoxy) is 1. The highest BCUT2D eigenvalue weighted by molar-refractivity contribution is 5.90. The minimum atomic E-state index is -0.0700. The van der Waals surface area contributed by atoms with Gasteiger partial charge in [-0.25, -0.2) is 9.13 Å². The van der Waals surface area contributed by atoms with Gasteiger partial charge in [0.05, 0.1) is 14.2 Å². The number of hydrogen-bond donors (Lipinski definition) is 1. The van der Waals surface area contributed by atoms with Crippen LogP contribution in [-0.4, -0.2) is 17.6 Å². The maximum Gasteiger partial charge on any atom is 0.266 e. The molecule has 19 heavy (non-hydrogen) atoms. The van der Waals surface area contributed by atoms with Crippen molar-refractivity contribution in [1.82, 2.24) is 4.57 Å². The molecule has 1 aromatic heterocycles. The molecule has 0 aliphatic heterocycles. The summed E-state index contributed by atoms with van der Waals surface area (Å²) in [6.07, 6.45) is 5.59. The standard InChI is InChI=1S/C13H15N3O2.ClH/c1-15-6-7-16(10-15)9-13(17)14-11-4-3-5-12(8-11)18-2;/h3-8,10H,9H2,1-2H3;1H/p+1. The summed E-state index contributed by atoms with van der Waals surface area (Å²) in [6, 6.07) is 7.29. The summed E-state index contributed by atoms with van der Waals surface area (Å²) in [5.74, 6) is 0.652. The molecular weight excluding hydrogens is 266 g/mol. The van der Waals surface area contributed by atoms with Gasteiger partial charge in [0.1, 0.15) is 18.1 Å². The van der Waals surface area contributed by atoms with Crippen LogP contribution in [0.3, 0.4) is 0 Å². The predicted octanol–water partition coefficient (Wildman–Crippen LogP) is 1.38. The maximum absolute atomic E-state index is 11.8. The summed E-state index contributed by atoms with van der Waals surface area (Å²) < 4.78 is 8.80. The number of rotatable bonds is 4. The third-order valence-electron chi connectivity index (χ3n) is 2.50. The van der Waals surface area contributed by atoms with Gasteiger partial charge in [-0.3, -0.25) is 4.79 Å². The van der Waals surface area contributed by atoms with E-state index in [9.17, 15) is 4.79 Å². The van der Waals surface area contributed by atoms with Crippen LogP contribution in [0, 0.1) is 0 Å². The van der Waals surface area contributed by atoms with Gasteiger partial charge < -0.3 is 10.1 Å².